The summed E-state index contributed by atoms with van der Waals surface area (Å²) in [6, 6.07) is 4.78. The molecular weight excluding hydrogens is 527 g/mol. The molecule has 1 heterocycles. The van der Waals surface area contributed by atoms with Crippen molar-refractivity contribution in [2.75, 3.05) is 13.1 Å². The lowest BCUT2D eigenvalue weighted by molar-refractivity contribution is -0.149. The summed E-state index contributed by atoms with van der Waals surface area (Å²) in [5, 5.41) is 21.6. The molecule has 1 amide bonds. The first kappa shape index (κ1) is 28.4. The second kappa shape index (κ2) is 12.7. The number of halogens is 2. The fourth-order valence-electron chi connectivity index (χ4n) is 3.08. The van der Waals surface area contributed by atoms with E-state index < -0.39 is 60.9 Å². The van der Waals surface area contributed by atoms with Crippen molar-refractivity contribution in [3.8, 4) is 0 Å². The molecule has 0 fully saturated rings. The molecule has 1 aromatic heterocycles. The summed E-state index contributed by atoms with van der Waals surface area (Å²) in [4.78, 5) is 45.4. The summed E-state index contributed by atoms with van der Waals surface area (Å²) in [5.41, 5.74) is -0.553. The maximum atomic E-state index is 14.1. The van der Waals surface area contributed by atoms with Crippen molar-refractivity contribution in [2.24, 2.45) is 0 Å². The maximum absolute atomic E-state index is 14.1. The van der Waals surface area contributed by atoms with E-state index in [0.717, 1.165) is 4.88 Å². The Hall–Kier alpha value is -2.87. The molecule has 0 aliphatic heterocycles. The number of carboxylic acid groups (broad SMARTS) is 2. The van der Waals surface area contributed by atoms with Crippen molar-refractivity contribution in [3.63, 3.8) is 0 Å². The number of sulfonamides is 1. The van der Waals surface area contributed by atoms with Crippen LogP contribution in [0.2, 0.25) is 5.02 Å². The minimum Gasteiger partial charge on any atom is -0.478 e. The first-order valence-electron chi connectivity index (χ1n) is 10.2. The average Bonchev–Trinajstić information content (AvgIpc) is 3.29. The van der Waals surface area contributed by atoms with E-state index in [1.165, 1.54) is 11.3 Å². The molecule has 0 radical (unpaired) electrons. The smallest absolute Gasteiger partial charge is 0.372 e. The molecule has 1 unspecified atom stereocenters. The Morgan fingerprint density at radius 1 is 1.11 bits per heavy atom. The highest BCUT2D eigenvalue weighted by Crippen LogP contribution is 2.27. The van der Waals surface area contributed by atoms with Crippen molar-refractivity contribution in [3.05, 3.63) is 50.9 Å². The van der Waals surface area contributed by atoms with Gasteiger partial charge in [0.05, 0.1) is 16.5 Å². The average molecular weight is 549 g/mol. The second-order valence-corrected chi connectivity index (χ2v) is 10.4. The second-order valence-electron chi connectivity index (χ2n) is 7.30. The van der Waals surface area contributed by atoms with Gasteiger partial charge in [0.1, 0.15) is 10.7 Å². The van der Waals surface area contributed by atoms with Crippen molar-refractivity contribution in [1.29, 1.82) is 0 Å². The van der Waals surface area contributed by atoms with Crippen LogP contribution in [0, 0.1) is 5.82 Å². The Balaban J connectivity index is 1.93. The van der Waals surface area contributed by atoms with E-state index in [-0.39, 0.29) is 25.9 Å². The Morgan fingerprint density at radius 2 is 1.83 bits per heavy atom. The molecule has 0 spiro atoms. The van der Waals surface area contributed by atoms with Gasteiger partial charge in [0.25, 0.3) is 0 Å². The third-order valence-corrected chi connectivity index (χ3v) is 7.62. The number of thiophene rings is 1. The fourth-order valence-corrected chi connectivity index (χ4v) is 5.33. The van der Waals surface area contributed by atoms with E-state index in [0.29, 0.717) is 25.0 Å². The maximum Gasteiger partial charge on any atom is 0.372 e. The van der Waals surface area contributed by atoms with Gasteiger partial charge in [-0.1, -0.05) is 24.1 Å². The molecule has 0 aliphatic carbocycles. The van der Waals surface area contributed by atoms with Crippen LogP contribution in [0.5, 0.6) is 0 Å². The van der Waals surface area contributed by atoms with Gasteiger partial charge in [0, 0.05) is 24.4 Å². The number of carbonyl (C=O) groups excluding carboxylic acids is 2. The highest BCUT2D eigenvalue weighted by atomic mass is 35.5. The third-order valence-electron chi connectivity index (χ3n) is 4.85. The van der Waals surface area contributed by atoms with Crippen LogP contribution >= 0.6 is 22.9 Å². The third kappa shape index (κ3) is 8.09. The molecule has 1 atom stereocenters. The number of benzene rings is 1. The van der Waals surface area contributed by atoms with Crippen molar-refractivity contribution in [2.45, 2.75) is 36.5 Å². The van der Waals surface area contributed by atoms with Crippen LogP contribution in [-0.4, -0.2) is 55.3 Å². The number of nitrogens with one attached hydrogen (secondary N) is 2. The quantitative estimate of drug-likeness (QED) is 0.206. The zero-order chi connectivity index (χ0) is 26.2. The van der Waals surface area contributed by atoms with E-state index in [2.05, 4.69) is 10.0 Å². The van der Waals surface area contributed by atoms with Crippen LogP contribution in [-0.2, 0) is 24.4 Å². The molecule has 10 nitrogen and oxygen atoms in total. The number of unbranched alkanes of at least 4 members (excludes halogenated alkanes) is 1. The molecule has 2 rings (SSSR count). The van der Waals surface area contributed by atoms with Gasteiger partial charge in [0.15, 0.2) is 0 Å². The summed E-state index contributed by atoms with van der Waals surface area (Å²) >= 11 is 6.98. The number of Topliss-reactive ketones (excluding diaryl/α,β-unsaturated/α-hetero) is 1. The molecule has 0 bridgehead atoms. The van der Waals surface area contributed by atoms with E-state index in [1.54, 1.807) is 17.5 Å². The van der Waals surface area contributed by atoms with Crippen molar-refractivity contribution >= 4 is 56.6 Å². The lowest BCUT2D eigenvalue weighted by Crippen LogP contribution is -2.32. The summed E-state index contributed by atoms with van der Waals surface area (Å²) in [6.07, 6.45) is 0.674. The molecule has 1 aromatic carbocycles. The van der Waals surface area contributed by atoms with E-state index in [9.17, 15) is 32.0 Å². The number of hydrogen-bond acceptors (Lipinski definition) is 7. The predicted molar refractivity (Wildman–Crippen MR) is 125 cm³/mol. The minimum absolute atomic E-state index is 0.0985. The molecule has 14 heteroatoms. The summed E-state index contributed by atoms with van der Waals surface area (Å²) < 4.78 is 41.2. The first-order valence-corrected chi connectivity index (χ1v) is 13.0. The number of aromatic carboxylic acids is 1. The van der Waals surface area contributed by atoms with Crippen LogP contribution in [0.15, 0.2) is 34.5 Å². The van der Waals surface area contributed by atoms with E-state index in [1.807, 2.05) is 0 Å². The van der Waals surface area contributed by atoms with Crippen molar-refractivity contribution < 1.29 is 42.2 Å². The number of carboxylic acids is 2. The van der Waals surface area contributed by atoms with Crippen molar-refractivity contribution in [1.82, 2.24) is 10.0 Å². The van der Waals surface area contributed by atoms with Crippen LogP contribution in [0.25, 0.3) is 0 Å². The highest BCUT2D eigenvalue weighted by Gasteiger charge is 2.24. The molecular formula is C21H22ClFN2O8S2. The van der Waals surface area contributed by atoms with Gasteiger partial charge >= 0.3 is 11.9 Å². The summed E-state index contributed by atoms with van der Waals surface area (Å²) in [6.45, 7) is -0.227. The van der Waals surface area contributed by atoms with Crippen LogP contribution in [0.1, 0.15) is 46.8 Å². The molecule has 2 aromatic rings. The Labute approximate surface area is 209 Å². The number of aliphatic carboxylic acids is 1. The number of rotatable bonds is 14. The van der Waals surface area contributed by atoms with Gasteiger partial charge in [-0.15, -0.1) is 11.3 Å². The standard InChI is InChI=1S/C21H22ClFN2O8S2/c22-14-11-15(23)18(10-13(14)20(28)29)35(32,33)25-7-2-1-4-12(17-5-3-9-34-17)19(27)24-8-6-16(26)21(30)31/h3,5,9-12,25H,1-2,4,6-8H2,(H,24,27)(H,28,29)(H,30,31). The number of carbonyl (C=O) groups is 4. The molecule has 0 aliphatic rings. The van der Waals surface area contributed by atoms with Crippen LogP contribution in [0.3, 0.4) is 0 Å². The Morgan fingerprint density at radius 3 is 2.43 bits per heavy atom. The van der Waals surface area contributed by atoms with Gasteiger partial charge in [-0.3, -0.25) is 9.59 Å². The summed E-state index contributed by atoms with van der Waals surface area (Å²) in [7, 11) is -4.36. The topological polar surface area (TPSA) is 167 Å². The van der Waals surface area contributed by atoms with E-state index >= 15 is 0 Å². The number of amides is 1. The zero-order valence-electron chi connectivity index (χ0n) is 18.1. The molecule has 4 N–H and O–H groups in total. The lowest BCUT2D eigenvalue weighted by Gasteiger charge is -2.15. The first-order chi connectivity index (χ1) is 16.4. The Bertz CT molecular complexity index is 1200. The number of hydrogen-bond donors (Lipinski definition) is 4. The Kier molecular flexibility index (Phi) is 10.3. The fraction of sp³-hybridized carbons (Fsp3) is 0.333. The molecule has 190 valence electrons. The predicted octanol–water partition coefficient (Wildman–Crippen LogP) is 2.63. The normalized spacial score (nSPS) is 12.2. The van der Waals surface area contributed by atoms with Crippen LogP contribution in [0.4, 0.5) is 4.39 Å². The SMILES string of the molecule is O=C(O)C(=O)CCNC(=O)C(CCCCNS(=O)(=O)c1cc(C(=O)O)c(Cl)cc1F)c1cccs1. The van der Waals surface area contributed by atoms with Gasteiger partial charge in [0.2, 0.25) is 21.7 Å². The molecule has 35 heavy (non-hydrogen) atoms. The van der Waals surface area contributed by atoms with Gasteiger partial charge in [-0.2, -0.15) is 0 Å². The monoisotopic (exact) mass is 548 g/mol. The zero-order valence-corrected chi connectivity index (χ0v) is 20.5. The van der Waals surface area contributed by atoms with Gasteiger partial charge in [-0.05, 0) is 36.4 Å². The minimum atomic E-state index is -4.36. The highest BCUT2D eigenvalue weighted by molar-refractivity contribution is 7.89. The van der Waals surface area contributed by atoms with Crippen LogP contribution < -0.4 is 10.0 Å². The largest absolute Gasteiger partial charge is 0.478 e. The molecule has 0 saturated carbocycles. The lowest BCUT2D eigenvalue weighted by atomic mass is 9.99. The molecule has 0 saturated heterocycles. The number of ketones is 1. The summed E-state index contributed by atoms with van der Waals surface area (Å²) in [5.74, 6) is -6.26. The van der Waals surface area contributed by atoms with E-state index in [4.69, 9.17) is 21.8 Å². The van der Waals surface area contributed by atoms with Gasteiger partial charge < -0.3 is 15.5 Å². The van der Waals surface area contributed by atoms with Gasteiger partial charge in [-0.25, -0.2) is 27.1 Å².